The molecule has 2 aliphatic heterocycles. The SMILES string of the molecule is C.CC.CC.Cc1ccc2c(c1)CCN2C(=O)C(C)C.[3H]c1ccc2c(c1)CCCN2C(=O)C(C)C. The Kier molecular flexibility index (Phi) is 14.0. The van der Waals surface area contributed by atoms with E-state index >= 15 is 0 Å². The van der Waals surface area contributed by atoms with Crippen molar-refractivity contribution in [3.8, 4) is 0 Å². The molecule has 2 amide bonds. The molecule has 2 aromatic carbocycles. The molecule has 0 aromatic heterocycles. The Balaban J connectivity index is 0.000000585. The Hall–Kier alpha value is -2.62. The zero-order valence-corrected chi connectivity index (χ0v) is 22.9. The lowest BCUT2D eigenvalue weighted by atomic mass is 10.0. The average Bonchev–Trinajstić information content (AvgIpc) is 3.28. The van der Waals surface area contributed by atoms with Crippen molar-refractivity contribution in [2.75, 3.05) is 22.9 Å². The lowest BCUT2D eigenvalue weighted by Gasteiger charge is -2.30. The van der Waals surface area contributed by atoms with E-state index in [9.17, 15) is 9.59 Å². The lowest BCUT2D eigenvalue weighted by Crippen LogP contribution is -2.38. The van der Waals surface area contributed by atoms with Gasteiger partial charge in [0.25, 0.3) is 0 Å². The molecule has 0 atom stereocenters. The molecular weight excluding hydrogens is 432 g/mol. The number of carbonyl (C=O) groups excluding carboxylic acids is 2. The van der Waals surface area contributed by atoms with E-state index in [0.29, 0.717) is 6.04 Å². The number of anilines is 2. The number of hydrogen-bond acceptors (Lipinski definition) is 2. The van der Waals surface area contributed by atoms with Crippen molar-refractivity contribution in [3.63, 3.8) is 0 Å². The van der Waals surface area contributed by atoms with Crippen LogP contribution in [0, 0.1) is 18.8 Å². The standard InChI is InChI=1S/2C13H17NO.2C2H6.CH4/c1-9(2)13(15)14-7-6-11-8-10(3)4-5-12(11)14;1-10(2)13(15)14-9-5-7-11-6-3-4-8-12(11)14;2*1-2;/h4-5,8-9H,6-7H2,1-3H3;3-4,6,8,10H,5,7,9H2,1-2H3;2*1-2H3;1H4/i;3T;;;. The molecule has 4 heteroatoms. The number of amides is 2. The van der Waals surface area contributed by atoms with E-state index in [2.05, 4.69) is 25.1 Å². The van der Waals surface area contributed by atoms with Gasteiger partial charge in [0, 0.05) is 36.3 Å². The van der Waals surface area contributed by atoms with Gasteiger partial charge in [0.2, 0.25) is 11.8 Å². The van der Waals surface area contributed by atoms with Crippen LogP contribution in [-0.4, -0.2) is 24.9 Å². The van der Waals surface area contributed by atoms with Crippen molar-refractivity contribution in [2.24, 2.45) is 11.8 Å². The quantitative estimate of drug-likeness (QED) is 0.435. The van der Waals surface area contributed by atoms with Crippen molar-refractivity contribution < 1.29 is 11.0 Å². The van der Waals surface area contributed by atoms with Gasteiger partial charge in [-0.15, -0.1) is 0 Å². The molecule has 196 valence electrons. The monoisotopic (exact) mass is 484 g/mol. The molecule has 0 bridgehead atoms. The van der Waals surface area contributed by atoms with Gasteiger partial charge in [-0.3, -0.25) is 9.59 Å². The minimum atomic E-state index is 0. The number of fused-ring (bicyclic) bond motifs is 2. The van der Waals surface area contributed by atoms with Gasteiger partial charge >= 0.3 is 0 Å². The minimum absolute atomic E-state index is 0. The maximum Gasteiger partial charge on any atom is 0.229 e. The van der Waals surface area contributed by atoms with Crippen LogP contribution in [0.25, 0.3) is 0 Å². The van der Waals surface area contributed by atoms with E-state index < -0.39 is 0 Å². The second-order valence-electron chi connectivity index (χ2n) is 8.83. The van der Waals surface area contributed by atoms with Crippen molar-refractivity contribution in [1.82, 2.24) is 0 Å². The zero-order valence-electron chi connectivity index (χ0n) is 23.9. The Bertz CT molecular complexity index is 969. The normalized spacial score (nSPS) is 13.5. The van der Waals surface area contributed by atoms with Crippen LogP contribution >= 0.6 is 0 Å². The van der Waals surface area contributed by atoms with Crippen LogP contribution in [0.1, 0.15) is 87.3 Å². The van der Waals surface area contributed by atoms with Gasteiger partial charge in [-0.05, 0) is 49.4 Å². The topological polar surface area (TPSA) is 40.6 Å². The van der Waals surface area contributed by atoms with E-state index in [-0.39, 0.29) is 31.1 Å². The molecule has 4 rings (SSSR count). The van der Waals surface area contributed by atoms with Crippen molar-refractivity contribution >= 4 is 23.2 Å². The van der Waals surface area contributed by atoms with E-state index in [1.54, 1.807) is 6.07 Å². The average molecular weight is 485 g/mol. The number of benzene rings is 2. The molecule has 0 radical (unpaired) electrons. The Labute approximate surface area is 217 Å². The molecule has 0 N–H and O–H groups in total. The molecule has 2 aliphatic rings. The first-order valence-corrected chi connectivity index (χ1v) is 13.0. The third-order valence-electron chi connectivity index (χ3n) is 5.69. The number of rotatable bonds is 2. The van der Waals surface area contributed by atoms with Crippen LogP contribution in [0.4, 0.5) is 11.4 Å². The predicted octanol–water partition coefficient (Wildman–Crippen LogP) is 7.85. The third kappa shape index (κ3) is 8.52. The van der Waals surface area contributed by atoms with Gasteiger partial charge in [0.05, 0.1) is 1.37 Å². The maximum absolute atomic E-state index is 12.0. The van der Waals surface area contributed by atoms with Crippen molar-refractivity contribution in [3.05, 3.63) is 59.1 Å². The summed E-state index contributed by atoms with van der Waals surface area (Å²) in [6, 6.07) is 12.4. The molecule has 0 saturated carbocycles. The van der Waals surface area contributed by atoms with Crippen LogP contribution in [0.2, 0.25) is 0 Å². The fourth-order valence-corrected chi connectivity index (χ4v) is 4.08. The summed E-state index contributed by atoms with van der Waals surface area (Å²) >= 11 is 0. The van der Waals surface area contributed by atoms with Crippen LogP contribution in [0.3, 0.4) is 0 Å². The summed E-state index contributed by atoms with van der Waals surface area (Å²) in [4.78, 5) is 27.7. The summed E-state index contributed by atoms with van der Waals surface area (Å²) < 4.78 is 7.59. The number of para-hydroxylation sites is 1. The van der Waals surface area contributed by atoms with Gasteiger partial charge in [-0.1, -0.05) is 98.7 Å². The summed E-state index contributed by atoms with van der Waals surface area (Å²) in [5.74, 6) is 0.523. The van der Waals surface area contributed by atoms with Gasteiger partial charge in [-0.25, -0.2) is 0 Å². The van der Waals surface area contributed by atoms with E-state index in [1.807, 2.05) is 77.3 Å². The highest BCUT2D eigenvalue weighted by molar-refractivity contribution is 5.97. The molecule has 35 heavy (non-hydrogen) atoms. The van der Waals surface area contributed by atoms with Gasteiger partial charge in [-0.2, -0.15) is 0 Å². The van der Waals surface area contributed by atoms with Crippen LogP contribution < -0.4 is 9.80 Å². The number of nitrogens with zero attached hydrogens (tertiary/aromatic N) is 2. The fourth-order valence-electron chi connectivity index (χ4n) is 4.08. The zero-order chi connectivity index (χ0) is 26.7. The Morgan fingerprint density at radius 3 is 1.91 bits per heavy atom. The van der Waals surface area contributed by atoms with Crippen LogP contribution in [0.5, 0.6) is 0 Å². The first-order chi connectivity index (χ1) is 16.7. The van der Waals surface area contributed by atoms with Gasteiger partial charge in [0.15, 0.2) is 0 Å². The largest absolute Gasteiger partial charge is 0.312 e. The van der Waals surface area contributed by atoms with Gasteiger partial charge < -0.3 is 9.80 Å². The Morgan fingerprint density at radius 2 is 1.34 bits per heavy atom. The summed E-state index contributed by atoms with van der Waals surface area (Å²) in [6.45, 7) is 19.5. The predicted molar refractivity (Wildman–Crippen MR) is 153 cm³/mol. The highest BCUT2D eigenvalue weighted by Crippen LogP contribution is 2.30. The summed E-state index contributed by atoms with van der Waals surface area (Å²) in [7, 11) is 0. The summed E-state index contributed by atoms with van der Waals surface area (Å²) in [6.07, 6.45) is 2.97. The van der Waals surface area contributed by atoms with E-state index in [4.69, 9.17) is 1.37 Å². The first-order valence-electron chi connectivity index (χ1n) is 13.5. The number of hydrogen-bond donors (Lipinski definition) is 0. The molecular formula is C31H50N2O2. The summed E-state index contributed by atoms with van der Waals surface area (Å²) in [5.41, 5.74) is 5.82. The number of aryl methyl sites for hydroxylation is 2. The molecule has 0 saturated heterocycles. The van der Waals surface area contributed by atoms with Crippen LogP contribution in [-0.2, 0) is 22.4 Å². The lowest BCUT2D eigenvalue weighted by molar-refractivity contribution is -0.122. The molecule has 2 heterocycles. The van der Waals surface area contributed by atoms with Crippen LogP contribution in [0.15, 0.2) is 42.4 Å². The first kappa shape index (κ1) is 30.4. The molecule has 0 aliphatic carbocycles. The molecule has 0 unspecified atom stereocenters. The Morgan fingerprint density at radius 1 is 0.800 bits per heavy atom. The molecule has 4 nitrogen and oxygen atoms in total. The second-order valence-corrected chi connectivity index (χ2v) is 8.83. The van der Waals surface area contributed by atoms with Crippen molar-refractivity contribution in [2.45, 2.75) is 89.0 Å². The van der Waals surface area contributed by atoms with Crippen molar-refractivity contribution in [1.29, 1.82) is 0 Å². The third-order valence-corrected chi connectivity index (χ3v) is 5.69. The smallest absolute Gasteiger partial charge is 0.229 e. The summed E-state index contributed by atoms with van der Waals surface area (Å²) in [5, 5.41) is 0. The maximum atomic E-state index is 12.0. The highest BCUT2D eigenvalue weighted by Gasteiger charge is 2.26. The molecule has 0 spiro atoms. The molecule has 0 fully saturated rings. The fraction of sp³-hybridized carbons (Fsp3) is 0.548. The molecule has 2 aromatic rings. The second kappa shape index (κ2) is 16.1. The van der Waals surface area contributed by atoms with Gasteiger partial charge in [0.1, 0.15) is 0 Å². The highest BCUT2D eigenvalue weighted by atomic mass is 16.2. The number of carbonyl (C=O) groups is 2. The minimum Gasteiger partial charge on any atom is -0.312 e. The van der Waals surface area contributed by atoms with E-state index in [0.717, 1.165) is 49.3 Å². The van der Waals surface area contributed by atoms with E-state index in [1.165, 1.54) is 11.1 Å².